The smallest absolute Gasteiger partial charge is 0.354 e. The van der Waals surface area contributed by atoms with E-state index < -0.39 is 16.0 Å². The van der Waals surface area contributed by atoms with E-state index in [1.165, 1.54) is 18.2 Å². The molecule has 0 amide bonds. The second-order valence-electron chi connectivity index (χ2n) is 5.42. The molecule has 1 aromatic heterocycles. The Labute approximate surface area is 160 Å². The average molecular weight is 413 g/mol. The summed E-state index contributed by atoms with van der Waals surface area (Å²) in [5.41, 5.74) is 1.31. The first-order chi connectivity index (χ1) is 12.3. The monoisotopic (exact) mass is 412 g/mol. The van der Waals surface area contributed by atoms with Gasteiger partial charge in [-0.25, -0.2) is 13.2 Å². The predicted molar refractivity (Wildman–Crippen MR) is 102 cm³/mol. The molecule has 0 aliphatic heterocycles. The highest BCUT2D eigenvalue weighted by molar-refractivity contribution is 7.92. The van der Waals surface area contributed by atoms with Crippen LogP contribution in [-0.4, -0.2) is 26.0 Å². The zero-order chi connectivity index (χ0) is 18.9. The Morgan fingerprint density at radius 3 is 2.46 bits per heavy atom. The standard InChI is InChI=1S/C17H14Cl2N2O4S/c1-2-25-17(22)16-6-10-5-13(3-4-15(10)20-16)21-26(23,24)14-8-11(18)7-12(19)9-14/h3-9,20-21H,2H2,1H3. The number of fused-ring (bicyclic) bond motifs is 1. The molecule has 26 heavy (non-hydrogen) atoms. The lowest BCUT2D eigenvalue weighted by atomic mass is 10.2. The van der Waals surface area contributed by atoms with Crippen molar-refractivity contribution in [3.63, 3.8) is 0 Å². The number of aromatic amines is 1. The van der Waals surface area contributed by atoms with E-state index in [9.17, 15) is 13.2 Å². The molecule has 0 radical (unpaired) electrons. The number of halogens is 2. The van der Waals surface area contributed by atoms with Crippen LogP contribution in [-0.2, 0) is 14.8 Å². The Bertz CT molecular complexity index is 1070. The highest BCUT2D eigenvalue weighted by Gasteiger charge is 2.17. The van der Waals surface area contributed by atoms with Crippen LogP contribution in [0.2, 0.25) is 10.0 Å². The number of carbonyl (C=O) groups is 1. The van der Waals surface area contributed by atoms with Gasteiger partial charge in [0.25, 0.3) is 10.0 Å². The number of hydrogen-bond acceptors (Lipinski definition) is 4. The van der Waals surface area contributed by atoms with Crippen LogP contribution in [0.5, 0.6) is 0 Å². The molecule has 2 N–H and O–H groups in total. The number of sulfonamides is 1. The van der Waals surface area contributed by atoms with Crippen molar-refractivity contribution in [3.05, 3.63) is 58.2 Å². The van der Waals surface area contributed by atoms with Crippen LogP contribution in [0.3, 0.4) is 0 Å². The first-order valence-electron chi connectivity index (χ1n) is 7.57. The quantitative estimate of drug-likeness (QED) is 0.605. The number of esters is 1. The summed E-state index contributed by atoms with van der Waals surface area (Å²) < 4.78 is 32.5. The van der Waals surface area contributed by atoms with E-state index in [2.05, 4.69) is 9.71 Å². The van der Waals surface area contributed by atoms with Crippen LogP contribution in [0.25, 0.3) is 10.9 Å². The van der Waals surface area contributed by atoms with E-state index in [1.807, 2.05) is 0 Å². The molecule has 1 heterocycles. The minimum Gasteiger partial charge on any atom is -0.461 e. The number of H-pyrrole nitrogens is 1. The molecule has 0 fully saturated rings. The van der Waals surface area contributed by atoms with E-state index >= 15 is 0 Å². The zero-order valence-electron chi connectivity index (χ0n) is 13.5. The minimum absolute atomic E-state index is 0.0450. The molecule has 0 aliphatic carbocycles. The zero-order valence-corrected chi connectivity index (χ0v) is 15.9. The molecular weight excluding hydrogens is 399 g/mol. The number of rotatable bonds is 5. The van der Waals surface area contributed by atoms with Crippen molar-refractivity contribution in [1.82, 2.24) is 4.98 Å². The second-order valence-corrected chi connectivity index (χ2v) is 7.97. The predicted octanol–water partition coefficient (Wildman–Crippen LogP) is 4.45. The van der Waals surface area contributed by atoms with Crippen LogP contribution in [0, 0.1) is 0 Å². The Morgan fingerprint density at radius 1 is 1.12 bits per heavy atom. The van der Waals surface area contributed by atoms with Gasteiger partial charge >= 0.3 is 5.97 Å². The van der Waals surface area contributed by atoms with E-state index in [1.54, 1.807) is 31.2 Å². The topological polar surface area (TPSA) is 88.3 Å². The molecule has 2 aromatic carbocycles. The van der Waals surface area contributed by atoms with Gasteiger partial charge in [-0.1, -0.05) is 23.2 Å². The third-order valence-electron chi connectivity index (χ3n) is 3.51. The maximum atomic E-state index is 12.5. The van der Waals surface area contributed by atoms with Crippen molar-refractivity contribution in [3.8, 4) is 0 Å². The first kappa shape index (κ1) is 18.6. The maximum Gasteiger partial charge on any atom is 0.354 e. The lowest BCUT2D eigenvalue weighted by Gasteiger charge is -2.09. The molecule has 3 rings (SSSR count). The molecule has 6 nitrogen and oxygen atoms in total. The highest BCUT2D eigenvalue weighted by Crippen LogP contribution is 2.26. The second kappa shape index (κ2) is 7.19. The van der Waals surface area contributed by atoms with Gasteiger partial charge in [0.05, 0.1) is 11.5 Å². The number of carbonyl (C=O) groups excluding carboxylic acids is 1. The normalized spacial score (nSPS) is 11.5. The largest absolute Gasteiger partial charge is 0.461 e. The summed E-state index contributed by atoms with van der Waals surface area (Å²) >= 11 is 11.7. The summed E-state index contributed by atoms with van der Waals surface area (Å²) in [5, 5.41) is 1.11. The van der Waals surface area contributed by atoms with Crippen LogP contribution < -0.4 is 4.72 Å². The van der Waals surface area contributed by atoms with Crippen LogP contribution >= 0.6 is 23.2 Å². The highest BCUT2D eigenvalue weighted by atomic mass is 35.5. The SMILES string of the molecule is CCOC(=O)c1cc2cc(NS(=O)(=O)c3cc(Cl)cc(Cl)c3)ccc2[nH]1. The number of anilines is 1. The van der Waals surface area contributed by atoms with Gasteiger partial charge in [-0.05, 0) is 49.4 Å². The van der Waals surface area contributed by atoms with Crippen LogP contribution in [0.4, 0.5) is 5.69 Å². The van der Waals surface area contributed by atoms with E-state index in [0.29, 0.717) is 22.3 Å². The average Bonchev–Trinajstić information content (AvgIpc) is 2.97. The summed E-state index contributed by atoms with van der Waals surface area (Å²) in [6.07, 6.45) is 0. The molecule has 0 saturated heterocycles. The fourth-order valence-corrected chi connectivity index (χ4v) is 4.19. The summed E-state index contributed by atoms with van der Waals surface area (Å²) in [7, 11) is -3.87. The Balaban J connectivity index is 1.91. The van der Waals surface area contributed by atoms with Crippen molar-refractivity contribution in [2.24, 2.45) is 0 Å². The fourth-order valence-electron chi connectivity index (χ4n) is 2.41. The Hall–Kier alpha value is -2.22. The molecule has 0 unspecified atom stereocenters. The minimum atomic E-state index is -3.87. The third kappa shape index (κ3) is 3.95. The molecule has 0 spiro atoms. The van der Waals surface area contributed by atoms with Crippen LogP contribution in [0.15, 0.2) is 47.4 Å². The van der Waals surface area contributed by atoms with Crippen molar-refractivity contribution in [1.29, 1.82) is 0 Å². The summed E-state index contributed by atoms with van der Waals surface area (Å²) in [6, 6.07) is 10.5. The Kier molecular flexibility index (Phi) is 5.13. The lowest BCUT2D eigenvalue weighted by Crippen LogP contribution is -2.12. The van der Waals surface area contributed by atoms with Crippen LogP contribution in [0.1, 0.15) is 17.4 Å². The summed E-state index contributed by atoms with van der Waals surface area (Å²) in [5.74, 6) is -0.473. The van der Waals surface area contributed by atoms with Gasteiger partial charge in [-0.2, -0.15) is 0 Å². The molecule has 9 heteroatoms. The number of ether oxygens (including phenoxy) is 1. The van der Waals surface area contributed by atoms with Gasteiger partial charge in [-0.15, -0.1) is 0 Å². The van der Waals surface area contributed by atoms with Gasteiger partial charge in [0.1, 0.15) is 5.69 Å². The van der Waals surface area contributed by atoms with Gasteiger partial charge < -0.3 is 9.72 Å². The van der Waals surface area contributed by atoms with Gasteiger partial charge in [0, 0.05) is 26.6 Å². The number of hydrogen-bond donors (Lipinski definition) is 2. The number of benzene rings is 2. The van der Waals surface area contributed by atoms with E-state index in [4.69, 9.17) is 27.9 Å². The van der Waals surface area contributed by atoms with Gasteiger partial charge in [0.2, 0.25) is 0 Å². The lowest BCUT2D eigenvalue weighted by molar-refractivity contribution is 0.0520. The van der Waals surface area contributed by atoms with Gasteiger partial charge in [-0.3, -0.25) is 4.72 Å². The van der Waals surface area contributed by atoms with Crippen molar-refractivity contribution in [2.45, 2.75) is 11.8 Å². The molecule has 0 aliphatic rings. The molecule has 136 valence electrons. The summed E-state index contributed by atoms with van der Waals surface area (Å²) in [6.45, 7) is 1.98. The van der Waals surface area contributed by atoms with Gasteiger partial charge in [0.15, 0.2) is 0 Å². The first-order valence-corrected chi connectivity index (χ1v) is 9.81. The molecule has 0 bridgehead atoms. The summed E-state index contributed by atoms with van der Waals surface area (Å²) in [4.78, 5) is 14.7. The molecule has 0 atom stereocenters. The van der Waals surface area contributed by atoms with Crippen molar-refractivity contribution in [2.75, 3.05) is 11.3 Å². The maximum absolute atomic E-state index is 12.5. The fraction of sp³-hybridized carbons (Fsp3) is 0.118. The Morgan fingerprint density at radius 2 is 1.81 bits per heavy atom. The number of aromatic nitrogens is 1. The molecule has 3 aromatic rings. The van der Waals surface area contributed by atoms with Crippen molar-refractivity contribution < 1.29 is 17.9 Å². The van der Waals surface area contributed by atoms with E-state index in [-0.39, 0.29) is 21.5 Å². The van der Waals surface area contributed by atoms with Crippen molar-refractivity contribution >= 4 is 55.8 Å². The number of nitrogens with one attached hydrogen (secondary N) is 2. The molecule has 0 saturated carbocycles. The molecular formula is C17H14Cl2N2O4S. The third-order valence-corrected chi connectivity index (χ3v) is 5.31. The van der Waals surface area contributed by atoms with E-state index in [0.717, 1.165) is 0 Å².